The van der Waals surface area contributed by atoms with Crippen LogP contribution in [-0.2, 0) is 4.74 Å². The third-order valence-electron chi connectivity index (χ3n) is 1.97. The van der Waals surface area contributed by atoms with E-state index >= 15 is 0 Å². The van der Waals surface area contributed by atoms with Gasteiger partial charge in [0.15, 0.2) is 0 Å². The number of rotatable bonds is 1. The lowest BCUT2D eigenvalue weighted by Gasteiger charge is -2.20. The van der Waals surface area contributed by atoms with E-state index in [9.17, 15) is 4.79 Å². The van der Waals surface area contributed by atoms with Crippen LogP contribution in [0.4, 0.5) is 0 Å². The van der Waals surface area contributed by atoms with Crippen molar-refractivity contribution in [1.82, 2.24) is 0 Å². The van der Waals surface area contributed by atoms with E-state index in [1.807, 2.05) is 26.0 Å². The Morgan fingerprint density at radius 2 is 2.07 bits per heavy atom. The molecule has 1 rings (SSSR count). The summed E-state index contributed by atoms with van der Waals surface area (Å²) in [5, 5.41) is 0. The van der Waals surface area contributed by atoms with Gasteiger partial charge < -0.3 is 4.74 Å². The summed E-state index contributed by atoms with van der Waals surface area (Å²) in [5.74, 6) is -0.352. The molecule has 0 radical (unpaired) electrons. The van der Waals surface area contributed by atoms with Gasteiger partial charge in [0, 0.05) is 1.37 Å². The zero-order valence-corrected chi connectivity index (χ0v) is 9.76. The first kappa shape index (κ1) is 10.2. The largest absolute Gasteiger partial charge is 0.456 e. The molecule has 0 aliphatic heterocycles. The first-order valence-electron chi connectivity index (χ1n) is 5.66. The number of carbonyl (C=O) groups is 1. The van der Waals surface area contributed by atoms with Crippen LogP contribution >= 0.6 is 0 Å². The van der Waals surface area contributed by atoms with Gasteiger partial charge in [0.05, 0.1) is 5.56 Å². The average molecular weight is 207 g/mol. The molecule has 1 aromatic carbocycles. The SMILES string of the molecule is [2H]CC(C)(C)OC(=O)c1ccc(C)cc1C. The topological polar surface area (TPSA) is 26.3 Å². The molecular formula is C13H18O2. The van der Waals surface area contributed by atoms with Gasteiger partial charge in [-0.2, -0.15) is 0 Å². The Morgan fingerprint density at radius 3 is 2.60 bits per heavy atom. The maximum absolute atomic E-state index is 11.8. The van der Waals surface area contributed by atoms with Crippen LogP contribution in [0.25, 0.3) is 0 Å². The number of ether oxygens (including phenoxy) is 1. The third-order valence-corrected chi connectivity index (χ3v) is 1.97. The van der Waals surface area contributed by atoms with Gasteiger partial charge in [0.2, 0.25) is 0 Å². The van der Waals surface area contributed by atoms with Crippen LogP contribution in [0.15, 0.2) is 18.2 Å². The van der Waals surface area contributed by atoms with Crippen LogP contribution in [0.2, 0.25) is 0 Å². The summed E-state index contributed by atoms with van der Waals surface area (Å²) in [6.07, 6.45) is 0. The monoisotopic (exact) mass is 207 g/mol. The van der Waals surface area contributed by atoms with Crippen molar-refractivity contribution in [2.45, 2.75) is 40.2 Å². The second-order valence-electron chi connectivity index (χ2n) is 4.47. The van der Waals surface area contributed by atoms with Crippen molar-refractivity contribution in [2.24, 2.45) is 0 Å². The molecule has 0 saturated carbocycles. The maximum atomic E-state index is 11.8. The molecule has 0 fully saturated rings. The minimum absolute atomic E-state index is 0.0592. The fourth-order valence-corrected chi connectivity index (χ4v) is 1.35. The van der Waals surface area contributed by atoms with Gasteiger partial charge in [-0.05, 0) is 46.2 Å². The smallest absolute Gasteiger partial charge is 0.338 e. The van der Waals surface area contributed by atoms with Crippen molar-refractivity contribution < 1.29 is 10.9 Å². The minimum Gasteiger partial charge on any atom is -0.456 e. The quantitative estimate of drug-likeness (QED) is 0.661. The van der Waals surface area contributed by atoms with Gasteiger partial charge in [-0.15, -0.1) is 0 Å². The lowest BCUT2D eigenvalue weighted by atomic mass is 10.1. The maximum Gasteiger partial charge on any atom is 0.338 e. The highest BCUT2D eigenvalue weighted by molar-refractivity contribution is 5.91. The molecule has 0 amide bonds. The zero-order chi connectivity index (χ0) is 12.3. The lowest BCUT2D eigenvalue weighted by molar-refractivity contribution is 0.00688. The average Bonchev–Trinajstić information content (AvgIpc) is 2.16. The lowest BCUT2D eigenvalue weighted by Crippen LogP contribution is -2.24. The second kappa shape index (κ2) is 4.05. The molecule has 15 heavy (non-hydrogen) atoms. The number of carbonyl (C=O) groups excluding carboxylic acids is 1. The Hall–Kier alpha value is -1.31. The molecule has 2 nitrogen and oxygen atoms in total. The van der Waals surface area contributed by atoms with Gasteiger partial charge in [-0.3, -0.25) is 0 Å². The van der Waals surface area contributed by atoms with Gasteiger partial charge in [0.25, 0.3) is 0 Å². The van der Waals surface area contributed by atoms with Crippen LogP contribution in [0.3, 0.4) is 0 Å². The van der Waals surface area contributed by atoms with Crippen molar-refractivity contribution in [3.8, 4) is 0 Å². The van der Waals surface area contributed by atoms with Crippen LogP contribution in [0.5, 0.6) is 0 Å². The Morgan fingerprint density at radius 1 is 1.40 bits per heavy atom. The Labute approximate surface area is 92.7 Å². The molecule has 0 spiro atoms. The summed E-state index contributed by atoms with van der Waals surface area (Å²) < 4.78 is 12.5. The summed E-state index contributed by atoms with van der Waals surface area (Å²) in [6.45, 7) is 7.40. The van der Waals surface area contributed by atoms with Gasteiger partial charge in [-0.25, -0.2) is 4.79 Å². The molecule has 0 unspecified atom stereocenters. The van der Waals surface area contributed by atoms with E-state index in [0.717, 1.165) is 11.1 Å². The fraction of sp³-hybridized carbons (Fsp3) is 0.462. The van der Waals surface area contributed by atoms with Gasteiger partial charge >= 0.3 is 5.97 Å². The van der Waals surface area contributed by atoms with Crippen LogP contribution in [0, 0.1) is 13.8 Å². The third kappa shape index (κ3) is 3.39. The molecule has 0 aliphatic rings. The molecule has 82 valence electrons. The molecule has 0 saturated heterocycles. The minimum atomic E-state index is -0.728. The highest BCUT2D eigenvalue weighted by Gasteiger charge is 2.18. The molecule has 1 aromatic rings. The van der Waals surface area contributed by atoms with E-state index in [1.165, 1.54) is 0 Å². The molecule has 0 aliphatic carbocycles. The number of hydrogen-bond donors (Lipinski definition) is 0. The van der Waals surface area contributed by atoms with Crippen molar-refractivity contribution in [3.63, 3.8) is 0 Å². The molecule has 0 atom stereocenters. The Balaban J connectivity index is 2.89. The van der Waals surface area contributed by atoms with E-state index in [-0.39, 0.29) is 12.9 Å². The predicted octanol–water partition coefficient (Wildman–Crippen LogP) is 3.26. The van der Waals surface area contributed by atoms with E-state index in [1.54, 1.807) is 19.9 Å². The summed E-state index contributed by atoms with van der Waals surface area (Å²) in [6, 6.07) is 5.61. The molecular weight excluding hydrogens is 188 g/mol. The number of aryl methyl sites for hydroxylation is 2. The highest BCUT2D eigenvalue weighted by Crippen LogP contribution is 2.16. The Kier molecular flexibility index (Phi) is 2.76. The summed E-state index contributed by atoms with van der Waals surface area (Å²) >= 11 is 0. The summed E-state index contributed by atoms with van der Waals surface area (Å²) in [7, 11) is 0. The second-order valence-corrected chi connectivity index (χ2v) is 4.47. The first-order valence-corrected chi connectivity index (χ1v) is 4.95. The molecule has 0 bridgehead atoms. The number of esters is 1. The highest BCUT2D eigenvalue weighted by atomic mass is 16.6. The van der Waals surface area contributed by atoms with Gasteiger partial charge in [-0.1, -0.05) is 17.7 Å². The van der Waals surface area contributed by atoms with Crippen molar-refractivity contribution >= 4 is 5.97 Å². The molecule has 2 heteroatoms. The van der Waals surface area contributed by atoms with E-state index < -0.39 is 5.60 Å². The molecule has 0 N–H and O–H groups in total. The zero-order valence-electron chi connectivity index (χ0n) is 10.8. The predicted molar refractivity (Wildman–Crippen MR) is 61.1 cm³/mol. The van der Waals surface area contributed by atoms with Crippen LogP contribution in [-0.4, -0.2) is 11.6 Å². The number of hydrogen-bond acceptors (Lipinski definition) is 2. The van der Waals surface area contributed by atoms with Crippen molar-refractivity contribution in [1.29, 1.82) is 0 Å². The fourth-order valence-electron chi connectivity index (χ4n) is 1.35. The molecule has 0 aromatic heterocycles. The first-order chi connectivity index (χ1) is 7.35. The Bertz CT molecular complexity index is 397. The van der Waals surface area contributed by atoms with Crippen LogP contribution in [0.1, 0.15) is 43.6 Å². The summed E-state index contributed by atoms with van der Waals surface area (Å²) in [5.41, 5.74) is 1.88. The van der Waals surface area contributed by atoms with Crippen molar-refractivity contribution in [3.05, 3.63) is 34.9 Å². The number of benzene rings is 1. The normalized spacial score (nSPS) is 12.1. The van der Waals surface area contributed by atoms with E-state index in [4.69, 9.17) is 6.11 Å². The van der Waals surface area contributed by atoms with Crippen molar-refractivity contribution in [2.75, 3.05) is 0 Å². The molecule has 0 heterocycles. The summed E-state index contributed by atoms with van der Waals surface area (Å²) in [4.78, 5) is 11.8. The van der Waals surface area contributed by atoms with Crippen LogP contribution < -0.4 is 0 Å². The standard InChI is InChI=1S/C13H18O2/c1-9-6-7-11(10(2)8-9)12(14)15-13(3,4)5/h6-8H,1-5H3/i3D. The van der Waals surface area contributed by atoms with E-state index in [0.29, 0.717) is 5.56 Å². The van der Waals surface area contributed by atoms with Gasteiger partial charge in [0.1, 0.15) is 5.60 Å². The van der Waals surface area contributed by atoms with E-state index in [2.05, 4.69) is 0 Å².